The number of carbonyl (C=O) groups is 2. The lowest BCUT2D eigenvalue weighted by atomic mass is 10.1. The number of carboxylic acids is 1. The van der Waals surface area contributed by atoms with Gasteiger partial charge >= 0.3 is 5.97 Å². The standard InChI is InChI=1S/C14H18F2N2O3/c1-17(2)5-4-6-18(3)13(19)9-7-11(15)12(16)8-10(9)14(20)21/h7-8H,4-6H2,1-3H3,(H,20,21). The SMILES string of the molecule is CN(C)CCCN(C)C(=O)c1cc(F)c(F)cc1C(=O)O. The lowest BCUT2D eigenvalue weighted by Crippen LogP contribution is -2.31. The van der Waals surface area contributed by atoms with Gasteiger partial charge in [-0.1, -0.05) is 0 Å². The second-order valence-corrected chi connectivity index (χ2v) is 5.00. The van der Waals surface area contributed by atoms with Crippen molar-refractivity contribution < 1.29 is 23.5 Å². The number of carboxylic acid groups (broad SMARTS) is 1. The highest BCUT2D eigenvalue weighted by Crippen LogP contribution is 2.17. The molecule has 0 aliphatic carbocycles. The number of aromatic carboxylic acids is 1. The van der Waals surface area contributed by atoms with Crippen molar-refractivity contribution in [2.75, 3.05) is 34.2 Å². The summed E-state index contributed by atoms with van der Waals surface area (Å²) in [6.07, 6.45) is 0.682. The molecule has 1 aromatic carbocycles. The number of nitrogens with zero attached hydrogens (tertiary/aromatic N) is 2. The fourth-order valence-electron chi connectivity index (χ4n) is 1.83. The molecular weight excluding hydrogens is 282 g/mol. The summed E-state index contributed by atoms with van der Waals surface area (Å²) in [5, 5.41) is 8.99. The molecule has 0 atom stereocenters. The third kappa shape index (κ3) is 4.49. The van der Waals surface area contributed by atoms with Gasteiger partial charge in [-0.2, -0.15) is 0 Å². The van der Waals surface area contributed by atoms with Gasteiger partial charge in [-0.25, -0.2) is 13.6 Å². The van der Waals surface area contributed by atoms with Crippen molar-refractivity contribution in [2.45, 2.75) is 6.42 Å². The van der Waals surface area contributed by atoms with Crippen molar-refractivity contribution in [1.82, 2.24) is 9.80 Å². The Kier molecular flexibility index (Phi) is 5.78. The summed E-state index contributed by atoms with van der Waals surface area (Å²) in [5.74, 6) is -4.66. The second-order valence-electron chi connectivity index (χ2n) is 5.00. The van der Waals surface area contributed by atoms with Crippen molar-refractivity contribution in [3.05, 3.63) is 34.9 Å². The molecule has 0 saturated heterocycles. The van der Waals surface area contributed by atoms with Crippen LogP contribution in [0.15, 0.2) is 12.1 Å². The molecule has 1 rings (SSSR count). The Morgan fingerprint density at radius 1 is 1.05 bits per heavy atom. The molecule has 0 saturated carbocycles. The number of hydrogen-bond donors (Lipinski definition) is 1. The summed E-state index contributed by atoms with van der Waals surface area (Å²) in [4.78, 5) is 26.5. The van der Waals surface area contributed by atoms with Crippen molar-refractivity contribution in [1.29, 1.82) is 0 Å². The molecule has 0 fully saturated rings. The van der Waals surface area contributed by atoms with Crippen LogP contribution >= 0.6 is 0 Å². The fourth-order valence-corrected chi connectivity index (χ4v) is 1.83. The first-order valence-electron chi connectivity index (χ1n) is 6.36. The van der Waals surface area contributed by atoms with Crippen LogP contribution in [-0.2, 0) is 0 Å². The van der Waals surface area contributed by atoms with E-state index in [0.717, 1.165) is 6.54 Å². The van der Waals surface area contributed by atoms with E-state index in [1.807, 2.05) is 19.0 Å². The van der Waals surface area contributed by atoms with E-state index in [1.54, 1.807) is 0 Å². The third-order valence-electron chi connectivity index (χ3n) is 2.97. The van der Waals surface area contributed by atoms with Crippen LogP contribution in [-0.4, -0.2) is 61.0 Å². The highest BCUT2D eigenvalue weighted by atomic mass is 19.2. The molecule has 1 aromatic rings. The zero-order chi connectivity index (χ0) is 16.2. The van der Waals surface area contributed by atoms with Crippen LogP contribution in [0.1, 0.15) is 27.1 Å². The monoisotopic (exact) mass is 300 g/mol. The summed E-state index contributed by atoms with van der Waals surface area (Å²) in [6.45, 7) is 1.14. The lowest BCUT2D eigenvalue weighted by molar-refractivity contribution is 0.0680. The highest BCUT2D eigenvalue weighted by Gasteiger charge is 2.22. The Balaban J connectivity index is 2.95. The maximum atomic E-state index is 13.3. The average Bonchev–Trinajstić information content (AvgIpc) is 2.39. The quantitative estimate of drug-likeness (QED) is 0.868. The summed E-state index contributed by atoms with van der Waals surface area (Å²) in [6, 6.07) is 1.15. The highest BCUT2D eigenvalue weighted by molar-refractivity contribution is 6.04. The number of amides is 1. The zero-order valence-corrected chi connectivity index (χ0v) is 12.2. The number of halogens is 2. The van der Waals surface area contributed by atoms with Gasteiger partial charge in [0.05, 0.1) is 11.1 Å². The number of carbonyl (C=O) groups excluding carboxylic acids is 1. The molecule has 0 aliphatic rings. The molecule has 5 nitrogen and oxygen atoms in total. The predicted octanol–water partition coefficient (Wildman–Crippen LogP) is 1.69. The maximum absolute atomic E-state index is 13.3. The molecule has 21 heavy (non-hydrogen) atoms. The van der Waals surface area contributed by atoms with Crippen LogP contribution in [0.4, 0.5) is 8.78 Å². The minimum Gasteiger partial charge on any atom is -0.478 e. The molecule has 0 bridgehead atoms. The molecule has 0 unspecified atom stereocenters. The number of hydrogen-bond acceptors (Lipinski definition) is 3. The van der Waals surface area contributed by atoms with Crippen LogP contribution in [0.25, 0.3) is 0 Å². The van der Waals surface area contributed by atoms with Crippen molar-refractivity contribution in [2.24, 2.45) is 0 Å². The van der Waals surface area contributed by atoms with Crippen molar-refractivity contribution >= 4 is 11.9 Å². The van der Waals surface area contributed by atoms with E-state index >= 15 is 0 Å². The number of benzene rings is 1. The van der Waals surface area contributed by atoms with Crippen molar-refractivity contribution in [3.8, 4) is 0 Å². The molecule has 7 heteroatoms. The molecule has 1 N–H and O–H groups in total. The van der Waals surface area contributed by atoms with E-state index in [2.05, 4.69) is 0 Å². The van der Waals surface area contributed by atoms with E-state index in [4.69, 9.17) is 5.11 Å². The first-order valence-corrected chi connectivity index (χ1v) is 6.36. The Bertz CT molecular complexity index is 547. The van der Waals surface area contributed by atoms with E-state index in [9.17, 15) is 18.4 Å². The zero-order valence-electron chi connectivity index (χ0n) is 12.2. The van der Waals surface area contributed by atoms with Gasteiger partial charge in [0.25, 0.3) is 5.91 Å². The van der Waals surface area contributed by atoms with E-state index < -0.39 is 29.1 Å². The van der Waals surface area contributed by atoms with Crippen LogP contribution in [0.3, 0.4) is 0 Å². The Hall–Kier alpha value is -2.02. The van der Waals surface area contributed by atoms with Crippen LogP contribution in [0, 0.1) is 11.6 Å². The minimum absolute atomic E-state index is 0.353. The topological polar surface area (TPSA) is 60.9 Å². The molecule has 0 spiro atoms. The molecule has 0 radical (unpaired) electrons. The maximum Gasteiger partial charge on any atom is 0.336 e. The van der Waals surface area contributed by atoms with Crippen LogP contribution < -0.4 is 0 Å². The summed E-state index contributed by atoms with van der Waals surface area (Å²) in [5.41, 5.74) is -0.896. The molecule has 0 aromatic heterocycles. The summed E-state index contributed by atoms with van der Waals surface area (Å²) in [7, 11) is 5.27. The van der Waals surface area contributed by atoms with Gasteiger partial charge in [-0.05, 0) is 39.2 Å². The normalized spacial score (nSPS) is 10.8. The van der Waals surface area contributed by atoms with Gasteiger partial charge in [0.1, 0.15) is 0 Å². The summed E-state index contributed by atoms with van der Waals surface area (Å²) >= 11 is 0. The Morgan fingerprint density at radius 3 is 2.05 bits per heavy atom. The van der Waals surface area contributed by atoms with Crippen molar-refractivity contribution in [3.63, 3.8) is 0 Å². The van der Waals surface area contributed by atoms with E-state index in [-0.39, 0.29) is 5.56 Å². The number of rotatable bonds is 6. The Labute approximate surface area is 121 Å². The van der Waals surface area contributed by atoms with Gasteiger partial charge in [-0.15, -0.1) is 0 Å². The van der Waals surface area contributed by atoms with Gasteiger partial charge in [0.15, 0.2) is 11.6 Å². The Morgan fingerprint density at radius 2 is 1.57 bits per heavy atom. The largest absolute Gasteiger partial charge is 0.478 e. The van der Waals surface area contributed by atoms with Gasteiger partial charge in [0, 0.05) is 13.6 Å². The van der Waals surface area contributed by atoms with Gasteiger partial charge < -0.3 is 14.9 Å². The van der Waals surface area contributed by atoms with Gasteiger partial charge in [0.2, 0.25) is 0 Å². The van der Waals surface area contributed by atoms with Gasteiger partial charge in [-0.3, -0.25) is 4.79 Å². The van der Waals surface area contributed by atoms with E-state index in [1.165, 1.54) is 11.9 Å². The molecule has 0 aliphatic heterocycles. The molecule has 0 heterocycles. The average molecular weight is 300 g/mol. The first-order chi connectivity index (χ1) is 9.73. The predicted molar refractivity (Wildman–Crippen MR) is 73.4 cm³/mol. The lowest BCUT2D eigenvalue weighted by Gasteiger charge is -2.19. The van der Waals surface area contributed by atoms with Crippen LogP contribution in [0.5, 0.6) is 0 Å². The first kappa shape index (κ1) is 17.0. The molecule has 116 valence electrons. The van der Waals surface area contributed by atoms with E-state index in [0.29, 0.717) is 25.1 Å². The molecule has 1 amide bonds. The minimum atomic E-state index is -1.47. The third-order valence-corrected chi connectivity index (χ3v) is 2.97. The smallest absolute Gasteiger partial charge is 0.336 e. The molecular formula is C14H18F2N2O3. The summed E-state index contributed by atoms with van der Waals surface area (Å²) < 4.78 is 26.4. The second kappa shape index (κ2) is 7.12. The fraction of sp³-hybridized carbons (Fsp3) is 0.429. The van der Waals surface area contributed by atoms with Crippen LogP contribution in [0.2, 0.25) is 0 Å².